The minimum Gasteiger partial charge on any atom is -0.493 e. The third-order valence-corrected chi connectivity index (χ3v) is 8.43. The second kappa shape index (κ2) is 11.6. The number of benzene rings is 1. The Morgan fingerprint density at radius 3 is 2.89 bits per heavy atom. The Morgan fingerprint density at radius 2 is 2.13 bits per heavy atom. The zero-order valence-corrected chi connectivity index (χ0v) is 22.6. The Labute approximate surface area is 224 Å². The number of nitrogens with one attached hydrogen (secondary N) is 1. The Hall–Kier alpha value is -2.71. The molecule has 2 aromatic rings. The third kappa shape index (κ3) is 5.96. The minimum absolute atomic E-state index is 0.0230. The van der Waals surface area contributed by atoms with E-state index < -0.39 is 17.8 Å². The van der Waals surface area contributed by atoms with E-state index in [9.17, 15) is 14.3 Å². The number of aryl methyl sites for hydroxylation is 2. The van der Waals surface area contributed by atoms with Crippen LogP contribution in [0.1, 0.15) is 80.3 Å². The molecule has 38 heavy (non-hydrogen) atoms. The number of nitrogens with zero attached hydrogens (tertiary/aromatic N) is 2. The van der Waals surface area contributed by atoms with Crippen molar-refractivity contribution in [3.63, 3.8) is 0 Å². The van der Waals surface area contributed by atoms with Crippen LogP contribution in [0.2, 0.25) is 0 Å². The van der Waals surface area contributed by atoms with Crippen LogP contribution in [0.15, 0.2) is 24.3 Å². The van der Waals surface area contributed by atoms with Gasteiger partial charge in [0.2, 0.25) is 0 Å². The lowest BCUT2D eigenvalue weighted by Crippen LogP contribution is -2.34. The number of carboxylic acids is 1. The maximum absolute atomic E-state index is 14.9. The van der Waals surface area contributed by atoms with Crippen LogP contribution in [0.5, 0.6) is 5.75 Å². The van der Waals surface area contributed by atoms with Gasteiger partial charge in [-0.25, -0.2) is 9.37 Å². The number of aliphatic carboxylic acids is 1. The van der Waals surface area contributed by atoms with E-state index in [4.69, 9.17) is 14.5 Å². The molecule has 206 valence electrons. The van der Waals surface area contributed by atoms with E-state index in [1.54, 1.807) is 0 Å². The number of carboxylic acid groups (broad SMARTS) is 1. The van der Waals surface area contributed by atoms with Crippen molar-refractivity contribution in [3.05, 3.63) is 52.5 Å². The molecule has 1 saturated carbocycles. The molecule has 1 aromatic heterocycles. The summed E-state index contributed by atoms with van der Waals surface area (Å²) in [6.45, 7) is 4.85. The van der Waals surface area contributed by atoms with Gasteiger partial charge < -0.3 is 19.9 Å². The highest BCUT2D eigenvalue weighted by atomic mass is 19.1. The summed E-state index contributed by atoms with van der Waals surface area (Å²) in [6.07, 6.45) is 9.02. The highest BCUT2D eigenvalue weighted by Crippen LogP contribution is 2.49. The smallest absolute Gasteiger partial charge is 0.325 e. The molecule has 0 amide bonds. The van der Waals surface area contributed by atoms with Gasteiger partial charge in [0, 0.05) is 37.5 Å². The molecule has 2 atom stereocenters. The summed E-state index contributed by atoms with van der Waals surface area (Å²) in [7, 11) is 1.40. The van der Waals surface area contributed by atoms with E-state index in [-0.39, 0.29) is 17.3 Å². The standard InChI is InChI=1S/C30H40FN3O4/c1-30(12-13-30)21-17-24(27(37-2)25(31)18-21)26(29(35)36)34-15-11-23(19-34)38-16-5-3-4-8-22-10-9-20-7-6-14-32-28(20)33-22/h9-10,17-18,23,26H,3-8,11-16,19H2,1-2H3,(H,32,33)(H,35,36)/t23-,26-/m1/s1. The van der Waals surface area contributed by atoms with E-state index in [2.05, 4.69) is 24.4 Å². The van der Waals surface area contributed by atoms with Crippen LogP contribution in [-0.4, -0.2) is 60.4 Å². The third-order valence-electron chi connectivity index (χ3n) is 8.43. The van der Waals surface area contributed by atoms with E-state index in [1.165, 1.54) is 25.2 Å². The van der Waals surface area contributed by atoms with Gasteiger partial charge in [0.25, 0.3) is 0 Å². The summed E-state index contributed by atoms with van der Waals surface area (Å²) in [5, 5.41) is 13.6. The van der Waals surface area contributed by atoms with Gasteiger partial charge in [0.1, 0.15) is 11.9 Å². The molecular formula is C30H40FN3O4. The van der Waals surface area contributed by atoms with Crippen LogP contribution < -0.4 is 10.1 Å². The minimum atomic E-state index is -0.993. The van der Waals surface area contributed by atoms with Gasteiger partial charge in [-0.1, -0.05) is 19.4 Å². The Kier molecular flexibility index (Phi) is 8.19. The van der Waals surface area contributed by atoms with Crippen molar-refractivity contribution in [2.24, 2.45) is 0 Å². The maximum atomic E-state index is 14.9. The molecule has 2 aliphatic heterocycles. The fraction of sp³-hybridized carbons (Fsp3) is 0.600. The normalized spacial score (nSPS) is 21.0. The number of halogens is 1. The fourth-order valence-electron chi connectivity index (χ4n) is 5.81. The van der Waals surface area contributed by atoms with E-state index >= 15 is 0 Å². The molecule has 0 radical (unpaired) electrons. The zero-order chi connectivity index (χ0) is 26.7. The number of methoxy groups -OCH3 is 1. The molecule has 3 aliphatic rings. The molecule has 2 N–H and O–H groups in total. The number of unbranched alkanes of at least 4 members (excludes halogenated alkanes) is 2. The molecule has 5 rings (SSSR count). The quantitative estimate of drug-likeness (QED) is 0.365. The lowest BCUT2D eigenvalue weighted by atomic mass is 9.92. The second-order valence-corrected chi connectivity index (χ2v) is 11.3. The predicted octanol–water partition coefficient (Wildman–Crippen LogP) is 5.27. The van der Waals surface area contributed by atoms with Gasteiger partial charge >= 0.3 is 5.97 Å². The molecule has 8 heteroatoms. The van der Waals surface area contributed by atoms with E-state index in [0.717, 1.165) is 75.0 Å². The van der Waals surface area contributed by atoms with Crippen LogP contribution in [0.4, 0.5) is 10.2 Å². The van der Waals surface area contributed by atoms with Crippen molar-refractivity contribution in [3.8, 4) is 5.75 Å². The number of hydrogen-bond acceptors (Lipinski definition) is 6. The van der Waals surface area contributed by atoms with Crippen LogP contribution >= 0.6 is 0 Å². The average Bonchev–Trinajstić information content (AvgIpc) is 3.50. The zero-order valence-electron chi connectivity index (χ0n) is 22.6. The summed E-state index contributed by atoms with van der Waals surface area (Å²) in [5.74, 6) is -0.406. The van der Waals surface area contributed by atoms with Gasteiger partial charge in [0.15, 0.2) is 11.6 Å². The van der Waals surface area contributed by atoms with Crippen LogP contribution in [0.3, 0.4) is 0 Å². The highest BCUT2D eigenvalue weighted by molar-refractivity contribution is 5.77. The van der Waals surface area contributed by atoms with E-state index in [1.807, 2.05) is 11.0 Å². The van der Waals surface area contributed by atoms with Crippen molar-refractivity contribution >= 4 is 11.8 Å². The molecular weight excluding hydrogens is 485 g/mol. The first-order valence-corrected chi connectivity index (χ1v) is 14.1. The number of aromatic nitrogens is 1. The summed E-state index contributed by atoms with van der Waals surface area (Å²) < 4.78 is 26.4. The maximum Gasteiger partial charge on any atom is 0.325 e. The van der Waals surface area contributed by atoms with Crippen molar-refractivity contribution in [2.75, 3.05) is 38.7 Å². The van der Waals surface area contributed by atoms with Crippen LogP contribution in [0, 0.1) is 5.82 Å². The van der Waals surface area contributed by atoms with Gasteiger partial charge in [0.05, 0.1) is 13.2 Å². The SMILES string of the molecule is COc1c(F)cc(C2(C)CC2)cc1[C@H](C(=O)O)N1CC[C@@H](OCCCCCc2ccc3c(n2)NCCC3)C1. The summed E-state index contributed by atoms with van der Waals surface area (Å²) >= 11 is 0. The average molecular weight is 526 g/mol. The number of pyridine rings is 1. The van der Waals surface area contributed by atoms with Crippen molar-refractivity contribution in [1.29, 1.82) is 0 Å². The molecule has 2 fully saturated rings. The predicted molar refractivity (Wildman–Crippen MR) is 144 cm³/mol. The highest BCUT2D eigenvalue weighted by Gasteiger charge is 2.42. The molecule has 1 saturated heterocycles. The van der Waals surface area contributed by atoms with Crippen LogP contribution in [0.25, 0.3) is 0 Å². The van der Waals surface area contributed by atoms with Crippen LogP contribution in [-0.2, 0) is 27.8 Å². The molecule has 0 unspecified atom stereocenters. The number of ether oxygens (including phenoxy) is 2. The first kappa shape index (κ1) is 26.9. The number of anilines is 1. The first-order valence-electron chi connectivity index (χ1n) is 14.1. The van der Waals surface area contributed by atoms with Crippen molar-refractivity contribution in [2.45, 2.75) is 82.3 Å². The molecule has 1 aromatic carbocycles. The Balaban J connectivity index is 1.11. The number of hydrogen-bond donors (Lipinski definition) is 2. The molecule has 1 aliphatic carbocycles. The van der Waals surface area contributed by atoms with E-state index in [0.29, 0.717) is 25.3 Å². The number of carbonyl (C=O) groups is 1. The van der Waals surface area contributed by atoms with Crippen molar-refractivity contribution < 1.29 is 23.8 Å². The number of fused-ring (bicyclic) bond motifs is 1. The number of rotatable bonds is 12. The molecule has 0 spiro atoms. The van der Waals surface area contributed by atoms with Gasteiger partial charge in [-0.2, -0.15) is 0 Å². The monoisotopic (exact) mass is 525 g/mol. The summed E-state index contributed by atoms with van der Waals surface area (Å²) in [6, 6.07) is 6.73. The van der Waals surface area contributed by atoms with Gasteiger partial charge in [-0.15, -0.1) is 0 Å². The Morgan fingerprint density at radius 1 is 1.29 bits per heavy atom. The lowest BCUT2D eigenvalue weighted by molar-refractivity contribution is -0.143. The van der Waals surface area contributed by atoms with Crippen molar-refractivity contribution in [1.82, 2.24) is 9.88 Å². The fourth-order valence-corrected chi connectivity index (χ4v) is 5.81. The Bertz CT molecular complexity index is 1150. The summed E-state index contributed by atoms with van der Waals surface area (Å²) in [5.41, 5.74) is 3.63. The largest absolute Gasteiger partial charge is 0.493 e. The second-order valence-electron chi connectivity index (χ2n) is 11.3. The molecule has 3 heterocycles. The number of likely N-dealkylation sites (tertiary alicyclic amines) is 1. The first-order chi connectivity index (χ1) is 18.4. The molecule has 0 bridgehead atoms. The topological polar surface area (TPSA) is 83.9 Å². The van der Waals surface area contributed by atoms with Gasteiger partial charge in [-0.05, 0) is 86.1 Å². The van der Waals surface area contributed by atoms with Gasteiger partial charge in [-0.3, -0.25) is 9.69 Å². The molecule has 7 nitrogen and oxygen atoms in total. The summed E-state index contributed by atoms with van der Waals surface area (Å²) in [4.78, 5) is 19.1. The lowest BCUT2D eigenvalue weighted by Gasteiger charge is -2.27.